The lowest BCUT2D eigenvalue weighted by Crippen LogP contribution is -2.36. The van der Waals surface area contributed by atoms with E-state index in [9.17, 15) is 31.5 Å². The summed E-state index contributed by atoms with van der Waals surface area (Å²) in [6.45, 7) is -0.611. The Kier molecular flexibility index (Phi) is 7.31. The highest BCUT2D eigenvalue weighted by Gasteiger charge is 2.40. The van der Waals surface area contributed by atoms with Crippen molar-refractivity contribution in [3.05, 3.63) is 68.0 Å². The van der Waals surface area contributed by atoms with E-state index in [4.69, 9.17) is 32.9 Å². The van der Waals surface area contributed by atoms with Gasteiger partial charge in [-0.05, 0) is 24.4 Å². The van der Waals surface area contributed by atoms with Gasteiger partial charge in [-0.2, -0.15) is 13.2 Å². The van der Waals surface area contributed by atoms with E-state index in [0.29, 0.717) is 10.8 Å². The van der Waals surface area contributed by atoms with Crippen molar-refractivity contribution in [1.29, 1.82) is 0 Å². The average molecular weight is 490 g/mol. The van der Waals surface area contributed by atoms with Crippen LogP contribution < -0.4 is 11.2 Å². The van der Waals surface area contributed by atoms with Crippen molar-refractivity contribution >= 4 is 17.3 Å². The van der Waals surface area contributed by atoms with Gasteiger partial charge in [-0.1, -0.05) is 12.0 Å². The van der Waals surface area contributed by atoms with Crippen molar-refractivity contribution in [2.45, 2.75) is 31.0 Å². The van der Waals surface area contributed by atoms with E-state index in [1.54, 1.807) is 4.98 Å². The van der Waals surface area contributed by atoms with Crippen molar-refractivity contribution in [3.8, 4) is 12.3 Å². The van der Waals surface area contributed by atoms with Crippen LogP contribution in [0.15, 0.2) is 34.0 Å². The number of nitrogens with zero attached hydrogens (tertiary/aromatic N) is 1. The Bertz CT molecular complexity index is 1180. The predicted molar refractivity (Wildman–Crippen MR) is 107 cm³/mol. The van der Waals surface area contributed by atoms with Crippen LogP contribution in [0.1, 0.15) is 23.8 Å². The normalized spacial score (nSPS) is 20.4. The minimum atomic E-state index is -5.01. The van der Waals surface area contributed by atoms with E-state index in [1.165, 1.54) is 0 Å². The summed E-state index contributed by atoms with van der Waals surface area (Å²) in [5, 5.41) is -0.520. The summed E-state index contributed by atoms with van der Waals surface area (Å²) in [5.41, 5.74) is -4.91. The molecule has 176 valence electrons. The van der Waals surface area contributed by atoms with Crippen molar-refractivity contribution in [2.75, 3.05) is 13.2 Å². The number of benzene rings is 1. The third kappa shape index (κ3) is 5.47. The molecule has 1 fully saturated rings. The van der Waals surface area contributed by atoms with Crippen molar-refractivity contribution in [2.24, 2.45) is 0 Å². The van der Waals surface area contributed by atoms with E-state index < -0.39 is 70.3 Å². The quantitative estimate of drug-likeness (QED) is 0.381. The Morgan fingerprint density at radius 1 is 1.30 bits per heavy atom. The highest BCUT2D eigenvalue weighted by Crippen LogP contribution is 2.32. The second kappa shape index (κ2) is 9.82. The molecule has 0 saturated carbocycles. The maximum Gasteiger partial charge on any atom is 0.423 e. The molecular formula is C20H15F5N2O5S. The number of nitrogens with one attached hydrogen (secondary N) is 1. The first kappa shape index (κ1) is 24.6. The van der Waals surface area contributed by atoms with Gasteiger partial charge in [0.05, 0.1) is 11.7 Å². The SMILES string of the molecule is C#CCO[C@H]1C[C@H](n2cc(C(F)(F)F)c(=O)[nH]c2=O)O[C@@H]1COC(=S)c1c(F)cccc1F. The Morgan fingerprint density at radius 2 is 1.97 bits per heavy atom. The zero-order valence-electron chi connectivity index (χ0n) is 16.5. The summed E-state index contributed by atoms with van der Waals surface area (Å²) in [5.74, 6) is 0.307. The molecule has 2 heterocycles. The number of thiocarbonyl (C=S) groups is 1. The first-order valence-corrected chi connectivity index (χ1v) is 9.68. The van der Waals surface area contributed by atoms with E-state index in [-0.39, 0.29) is 13.0 Å². The van der Waals surface area contributed by atoms with Crippen LogP contribution in [-0.2, 0) is 20.4 Å². The maximum absolute atomic E-state index is 13.9. The average Bonchev–Trinajstić information content (AvgIpc) is 3.12. The smallest absolute Gasteiger partial charge is 0.423 e. The summed E-state index contributed by atoms with van der Waals surface area (Å²) in [4.78, 5) is 25.2. The second-order valence-corrected chi connectivity index (χ2v) is 7.19. The zero-order chi connectivity index (χ0) is 24.3. The molecule has 3 atom stereocenters. The fourth-order valence-electron chi connectivity index (χ4n) is 3.18. The number of aromatic nitrogens is 2. The van der Waals surface area contributed by atoms with Crippen LogP contribution in [0.25, 0.3) is 0 Å². The molecule has 3 rings (SSSR count). The third-order valence-electron chi connectivity index (χ3n) is 4.69. The predicted octanol–water partition coefficient (Wildman–Crippen LogP) is 2.53. The van der Waals surface area contributed by atoms with Gasteiger partial charge in [0.15, 0.2) is 5.05 Å². The van der Waals surface area contributed by atoms with Gasteiger partial charge in [0.2, 0.25) is 0 Å². The van der Waals surface area contributed by atoms with Crippen molar-refractivity contribution < 1.29 is 36.2 Å². The number of hydrogen-bond donors (Lipinski definition) is 1. The highest BCUT2D eigenvalue weighted by molar-refractivity contribution is 7.80. The van der Waals surface area contributed by atoms with Crippen LogP contribution in [0, 0.1) is 24.0 Å². The molecule has 0 amide bonds. The molecule has 1 aromatic carbocycles. The summed E-state index contributed by atoms with van der Waals surface area (Å²) in [6, 6.07) is 3.11. The minimum absolute atomic E-state index is 0.139. The van der Waals surface area contributed by atoms with E-state index in [1.807, 2.05) is 0 Å². The molecule has 0 spiro atoms. The number of alkyl halides is 3. The Labute approximate surface area is 188 Å². The summed E-state index contributed by atoms with van der Waals surface area (Å²) >= 11 is 4.92. The van der Waals surface area contributed by atoms with Crippen LogP contribution in [0.2, 0.25) is 0 Å². The zero-order valence-corrected chi connectivity index (χ0v) is 17.3. The molecule has 7 nitrogen and oxygen atoms in total. The molecule has 2 aromatic rings. The Hall–Kier alpha value is -3.08. The number of hydrogen-bond acceptors (Lipinski definition) is 6. The molecule has 0 aliphatic carbocycles. The molecule has 1 N–H and O–H groups in total. The van der Waals surface area contributed by atoms with Gasteiger partial charge in [0.25, 0.3) is 5.56 Å². The van der Waals surface area contributed by atoms with Crippen molar-refractivity contribution in [1.82, 2.24) is 9.55 Å². The van der Waals surface area contributed by atoms with Crippen LogP contribution in [0.3, 0.4) is 0 Å². The molecule has 33 heavy (non-hydrogen) atoms. The van der Waals surface area contributed by atoms with Gasteiger partial charge in [0, 0.05) is 12.6 Å². The second-order valence-electron chi connectivity index (χ2n) is 6.82. The Morgan fingerprint density at radius 3 is 2.58 bits per heavy atom. The van der Waals surface area contributed by atoms with Crippen LogP contribution in [-0.4, -0.2) is 40.0 Å². The minimum Gasteiger partial charge on any atom is -0.480 e. The first-order valence-electron chi connectivity index (χ1n) is 9.27. The number of H-pyrrole nitrogens is 1. The van der Waals surface area contributed by atoms with E-state index in [0.717, 1.165) is 18.2 Å². The van der Waals surface area contributed by atoms with Gasteiger partial charge in [-0.3, -0.25) is 14.3 Å². The molecule has 1 saturated heterocycles. The number of aromatic amines is 1. The van der Waals surface area contributed by atoms with Gasteiger partial charge in [-0.15, -0.1) is 6.42 Å². The molecule has 1 aliphatic rings. The lowest BCUT2D eigenvalue weighted by Gasteiger charge is -2.19. The maximum atomic E-state index is 13.9. The monoisotopic (exact) mass is 490 g/mol. The summed E-state index contributed by atoms with van der Waals surface area (Å²) < 4.78 is 83.9. The number of ether oxygens (including phenoxy) is 3. The van der Waals surface area contributed by atoms with Crippen LogP contribution in [0.4, 0.5) is 22.0 Å². The highest BCUT2D eigenvalue weighted by atomic mass is 32.1. The van der Waals surface area contributed by atoms with E-state index in [2.05, 4.69) is 5.92 Å². The first-order chi connectivity index (χ1) is 15.5. The van der Waals surface area contributed by atoms with Gasteiger partial charge >= 0.3 is 11.9 Å². The summed E-state index contributed by atoms with van der Waals surface area (Å²) in [6.07, 6.45) is -2.83. The molecule has 1 aliphatic heterocycles. The molecule has 0 bridgehead atoms. The van der Waals surface area contributed by atoms with Gasteiger partial charge < -0.3 is 14.2 Å². The molecular weight excluding hydrogens is 475 g/mol. The fraction of sp³-hybridized carbons (Fsp3) is 0.350. The summed E-state index contributed by atoms with van der Waals surface area (Å²) in [7, 11) is 0. The molecule has 1 aromatic heterocycles. The topological polar surface area (TPSA) is 82.6 Å². The lowest BCUT2D eigenvalue weighted by molar-refractivity contribution is -0.139. The van der Waals surface area contributed by atoms with Crippen LogP contribution in [0.5, 0.6) is 0 Å². The lowest BCUT2D eigenvalue weighted by atomic mass is 10.1. The molecule has 13 heteroatoms. The van der Waals surface area contributed by atoms with Crippen LogP contribution >= 0.6 is 12.2 Å². The number of terminal acetylenes is 1. The van der Waals surface area contributed by atoms with Gasteiger partial charge in [0.1, 0.15) is 42.7 Å². The number of halogens is 5. The Balaban J connectivity index is 1.82. The standard InChI is InChI=1S/C20H15F5N2O5S/c1-2-6-30-13-7-15(27-8-10(20(23,24)25)17(28)26-19(27)29)32-14(13)9-31-18(33)16-11(21)4-3-5-12(16)22/h1,3-5,8,13-15H,6-7,9H2,(H,26,28,29)/t13-,14+,15+/m0/s1. The van der Waals surface area contributed by atoms with E-state index >= 15 is 0 Å². The largest absolute Gasteiger partial charge is 0.480 e. The fourth-order valence-corrected chi connectivity index (χ4v) is 3.44. The third-order valence-corrected chi connectivity index (χ3v) is 5.01. The molecule has 0 radical (unpaired) electrons. The van der Waals surface area contributed by atoms with Crippen molar-refractivity contribution in [3.63, 3.8) is 0 Å². The molecule has 0 unspecified atom stereocenters. The van der Waals surface area contributed by atoms with Gasteiger partial charge in [-0.25, -0.2) is 13.6 Å². The number of rotatable bonds is 6.